The normalized spacial score (nSPS) is 15.3. The maximum absolute atomic E-state index is 12.5. The number of aromatic nitrogens is 2. The van der Waals surface area contributed by atoms with Crippen molar-refractivity contribution < 1.29 is 9.53 Å². The van der Waals surface area contributed by atoms with Gasteiger partial charge in [-0.15, -0.1) is 0 Å². The van der Waals surface area contributed by atoms with Gasteiger partial charge < -0.3 is 19.9 Å². The minimum Gasteiger partial charge on any atom is -0.398 e. The molecule has 0 aliphatic carbocycles. The molecule has 1 atom stereocenters. The lowest BCUT2D eigenvalue weighted by molar-refractivity contribution is 0.0828. The third-order valence-electron chi connectivity index (χ3n) is 5.89. The number of rotatable bonds is 3. The summed E-state index contributed by atoms with van der Waals surface area (Å²) in [6.45, 7) is 0.609. The first kappa shape index (κ1) is 19.3. The van der Waals surface area contributed by atoms with Crippen molar-refractivity contribution >= 4 is 22.6 Å². The van der Waals surface area contributed by atoms with Gasteiger partial charge in [0.25, 0.3) is 5.91 Å². The molecule has 2 aromatic heterocycles. The number of nitrogen functional groups attached to an aromatic ring is 1. The lowest BCUT2D eigenvalue weighted by Crippen LogP contribution is -2.22. The standard InChI is InChI=1S/C25H24N4O2/c1-28(2)25(30)20-10-15(8-9-22(20)26)17-11-19-21(13-29(3)24(19)27-12-17)23-18-7-5-4-6-16(18)14-31-23/h4-13,23H,14,26H2,1-3H3. The molecule has 3 heterocycles. The summed E-state index contributed by atoms with van der Waals surface area (Å²) in [6, 6.07) is 16.0. The number of anilines is 1. The Morgan fingerprint density at radius 3 is 2.74 bits per heavy atom. The Hall–Kier alpha value is -3.64. The van der Waals surface area contributed by atoms with E-state index in [1.54, 1.807) is 20.2 Å². The van der Waals surface area contributed by atoms with E-state index in [2.05, 4.69) is 24.4 Å². The van der Waals surface area contributed by atoms with E-state index in [1.165, 1.54) is 16.0 Å². The van der Waals surface area contributed by atoms with Crippen LogP contribution in [0.15, 0.2) is 60.9 Å². The van der Waals surface area contributed by atoms with Gasteiger partial charge >= 0.3 is 0 Å². The summed E-state index contributed by atoms with van der Waals surface area (Å²) >= 11 is 0. The summed E-state index contributed by atoms with van der Waals surface area (Å²) in [5.41, 5.74) is 13.3. The maximum Gasteiger partial charge on any atom is 0.255 e. The number of nitrogens with zero attached hydrogens (tertiary/aromatic N) is 3. The molecule has 2 aromatic carbocycles. The average Bonchev–Trinajstić information content (AvgIpc) is 3.34. The predicted molar refractivity (Wildman–Crippen MR) is 122 cm³/mol. The number of amides is 1. The van der Waals surface area contributed by atoms with Gasteiger partial charge in [-0.1, -0.05) is 30.3 Å². The number of aryl methyl sites for hydroxylation is 1. The number of fused-ring (bicyclic) bond motifs is 2. The number of carbonyl (C=O) groups is 1. The molecule has 0 saturated carbocycles. The van der Waals surface area contributed by atoms with Crippen molar-refractivity contribution in [3.63, 3.8) is 0 Å². The molecular formula is C25H24N4O2. The second kappa shape index (κ2) is 7.25. The van der Waals surface area contributed by atoms with E-state index in [4.69, 9.17) is 15.5 Å². The number of pyridine rings is 1. The number of carbonyl (C=O) groups excluding carboxylic acids is 1. The van der Waals surface area contributed by atoms with E-state index < -0.39 is 0 Å². The van der Waals surface area contributed by atoms with Crippen molar-refractivity contribution in [3.05, 3.63) is 83.2 Å². The minimum atomic E-state index is -0.121. The highest BCUT2D eigenvalue weighted by Crippen LogP contribution is 2.40. The average molecular weight is 412 g/mol. The zero-order valence-corrected chi connectivity index (χ0v) is 17.8. The molecule has 6 heteroatoms. The van der Waals surface area contributed by atoms with Crippen LogP contribution in [0, 0.1) is 0 Å². The first-order valence-electron chi connectivity index (χ1n) is 10.2. The molecule has 156 valence electrons. The zero-order valence-electron chi connectivity index (χ0n) is 17.8. The largest absolute Gasteiger partial charge is 0.398 e. The first-order valence-corrected chi connectivity index (χ1v) is 10.2. The van der Waals surface area contributed by atoms with Gasteiger partial charge in [-0.3, -0.25) is 4.79 Å². The van der Waals surface area contributed by atoms with E-state index in [1.807, 2.05) is 42.1 Å². The fourth-order valence-electron chi connectivity index (χ4n) is 4.26. The first-order chi connectivity index (χ1) is 14.9. The Morgan fingerprint density at radius 2 is 1.94 bits per heavy atom. The molecule has 1 unspecified atom stereocenters. The highest BCUT2D eigenvalue weighted by atomic mass is 16.5. The third kappa shape index (κ3) is 3.16. The summed E-state index contributed by atoms with van der Waals surface area (Å²) in [4.78, 5) is 18.8. The molecule has 0 spiro atoms. The van der Waals surface area contributed by atoms with Crippen LogP contribution >= 0.6 is 0 Å². The Morgan fingerprint density at radius 1 is 1.13 bits per heavy atom. The molecule has 0 bridgehead atoms. The van der Waals surface area contributed by atoms with Gasteiger partial charge in [0, 0.05) is 55.7 Å². The summed E-state index contributed by atoms with van der Waals surface area (Å²) in [5.74, 6) is -0.121. The monoisotopic (exact) mass is 412 g/mol. The van der Waals surface area contributed by atoms with E-state index >= 15 is 0 Å². The molecule has 31 heavy (non-hydrogen) atoms. The smallest absolute Gasteiger partial charge is 0.255 e. The fraction of sp³-hybridized carbons (Fsp3) is 0.200. The van der Waals surface area contributed by atoms with Crippen LogP contribution in [0.2, 0.25) is 0 Å². The number of ether oxygens (including phenoxy) is 1. The topological polar surface area (TPSA) is 73.4 Å². The van der Waals surface area contributed by atoms with Gasteiger partial charge in [0.2, 0.25) is 0 Å². The van der Waals surface area contributed by atoms with Crippen molar-refractivity contribution in [2.45, 2.75) is 12.7 Å². The van der Waals surface area contributed by atoms with Crippen molar-refractivity contribution in [2.75, 3.05) is 19.8 Å². The highest BCUT2D eigenvalue weighted by Gasteiger charge is 2.27. The third-order valence-corrected chi connectivity index (χ3v) is 5.89. The van der Waals surface area contributed by atoms with Gasteiger partial charge in [0.1, 0.15) is 11.8 Å². The quantitative estimate of drug-likeness (QED) is 0.513. The molecule has 0 radical (unpaired) electrons. The summed E-state index contributed by atoms with van der Waals surface area (Å²) < 4.78 is 8.19. The predicted octanol–water partition coefficient (Wildman–Crippen LogP) is 4.14. The van der Waals surface area contributed by atoms with Crippen LogP contribution in [-0.4, -0.2) is 34.5 Å². The fourth-order valence-corrected chi connectivity index (χ4v) is 4.26. The van der Waals surface area contributed by atoms with Crippen molar-refractivity contribution in [1.82, 2.24) is 14.5 Å². The second-order valence-corrected chi connectivity index (χ2v) is 8.18. The molecule has 2 N–H and O–H groups in total. The summed E-state index contributed by atoms with van der Waals surface area (Å²) in [7, 11) is 5.44. The number of benzene rings is 2. The lowest BCUT2D eigenvalue weighted by atomic mass is 9.97. The van der Waals surface area contributed by atoms with Gasteiger partial charge in [0.05, 0.1) is 12.2 Å². The molecule has 5 rings (SSSR count). The molecular weight excluding hydrogens is 388 g/mol. The molecule has 1 amide bonds. The zero-order chi connectivity index (χ0) is 21.7. The van der Waals surface area contributed by atoms with Crippen molar-refractivity contribution in [1.29, 1.82) is 0 Å². The molecule has 0 saturated heterocycles. The van der Waals surface area contributed by atoms with E-state index in [9.17, 15) is 4.79 Å². The van der Waals surface area contributed by atoms with Crippen molar-refractivity contribution in [2.24, 2.45) is 7.05 Å². The van der Waals surface area contributed by atoms with Crippen LogP contribution in [0.5, 0.6) is 0 Å². The van der Waals surface area contributed by atoms with Crippen LogP contribution in [0.3, 0.4) is 0 Å². The minimum absolute atomic E-state index is 0.116. The molecule has 6 nitrogen and oxygen atoms in total. The van der Waals surface area contributed by atoms with Crippen LogP contribution in [0.4, 0.5) is 5.69 Å². The summed E-state index contributed by atoms with van der Waals surface area (Å²) in [5, 5.41) is 1.04. The van der Waals surface area contributed by atoms with Crippen molar-refractivity contribution in [3.8, 4) is 11.1 Å². The Labute approximate surface area is 180 Å². The van der Waals surface area contributed by atoms with Gasteiger partial charge in [-0.05, 0) is 34.9 Å². The van der Waals surface area contributed by atoms with Crippen LogP contribution in [0.1, 0.15) is 33.2 Å². The van der Waals surface area contributed by atoms with Crippen LogP contribution in [-0.2, 0) is 18.4 Å². The lowest BCUT2D eigenvalue weighted by Gasteiger charge is -2.14. The Kier molecular flexibility index (Phi) is 4.52. The highest BCUT2D eigenvalue weighted by molar-refractivity contribution is 6.00. The number of hydrogen-bond donors (Lipinski definition) is 1. The van der Waals surface area contributed by atoms with E-state index in [0.29, 0.717) is 17.9 Å². The van der Waals surface area contributed by atoms with Gasteiger partial charge in [-0.25, -0.2) is 4.98 Å². The number of hydrogen-bond acceptors (Lipinski definition) is 4. The SMILES string of the molecule is CN(C)C(=O)c1cc(-c2cnc3c(c2)c(C2OCc4ccccc42)cn3C)ccc1N. The molecule has 0 fully saturated rings. The van der Waals surface area contributed by atoms with E-state index in [-0.39, 0.29) is 12.0 Å². The van der Waals surface area contributed by atoms with E-state index in [0.717, 1.165) is 27.7 Å². The molecule has 1 aliphatic heterocycles. The second-order valence-electron chi connectivity index (χ2n) is 8.18. The van der Waals surface area contributed by atoms with Gasteiger partial charge in [0.15, 0.2) is 0 Å². The Balaban J connectivity index is 1.63. The number of nitrogens with two attached hydrogens (primary N) is 1. The molecule has 1 aliphatic rings. The van der Waals surface area contributed by atoms with Crippen LogP contribution < -0.4 is 5.73 Å². The maximum atomic E-state index is 12.5. The Bertz CT molecular complexity index is 1320. The summed E-state index contributed by atoms with van der Waals surface area (Å²) in [6.07, 6.45) is 3.82. The molecule has 4 aromatic rings. The van der Waals surface area contributed by atoms with Gasteiger partial charge in [-0.2, -0.15) is 0 Å². The van der Waals surface area contributed by atoms with Crippen LogP contribution in [0.25, 0.3) is 22.2 Å².